The molecule has 4 amide bonds. The van der Waals surface area contributed by atoms with Gasteiger partial charge in [0.15, 0.2) is 0 Å². The topological polar surface area (TPSA) is 115 Å². The maximum atomic E-state index is 13.2. The van der Waals surface area contributed by atoms with Crippen LogP contribution in [0.15, 0.2) is 42.5 Å². The molecule has 0 saturated carbocycles. The lowest BCUT2D eigenvalue weighted by Crippen LogP contribution is -2.42. The third kappa shape index (κ3) is 6.86. The number of nitrogens with zero attached hydrogens (tertiary/aromatic N) is 3. The number of benzene rings is 2. The average Bonchev–Trinajstić information content (AvgIpc) is 2.94. The minimum Gasteiger partial charge on any atom is -0.378 e. The molecule has 0 aliphatic carbocycles. The molecule has 2 aliphatic rings. The van der Waals surface area contributed by atoms with E-state index in [-0.39, 0.29) is 24.8 Å². The van der Waals surface area contributed by atoms with Crippen molar-refractivity contribution >= 4 is 23.5 Å². The van der Waals surface area contributed by atoms with Crippen molar-refractivity contribution in [3.8, 4) is 6.07 Å². The van der Waals surface area contributed by atoms with E-state index in [0.717, 1.165) is 18.4 Å². The van der Waals surface area contributed by atoms with Crippen LogP contribution in [0.25, 0.3) is 0 Å². The molecular weight excluding hydrogens is 470 g/mol. The van der Waals surface area contributed by atoms with Gasteiger partial charge in [-0.3, -0.25) is 9.59 Å². The van der Waals surface area contributed by atoms with Gasteiger partial charge in [0.2, 0.25) is 5.91 Å². The predicted molar refractivity (Wildman–Crippen MR) is 139 cm³/mol. The summed E-state index contributed by atoms with van der Waals surface area (Å²) in [4.78, 5) is 41.5. The van der Waals surface area contributed by atoms with Crippen LogP contribution in [0, 0.1) is 18.3 Å². The first kappa shape index (κ1) is 26.2. The summed E-state index contributed by atoms with van der Waals surface area (Å²) in [6.45, 7) is 5.65. The summed E-state index contributed by atoms with van der Waals surface area (Å²) in [7, 11) is 0. The second-order valence-electron chi connectivity index (χ2n) is 9.45. The van der Waals surface area contributed by atoms with E-state index in [1.807, 2.05) is 42.2 Å². The third-order valence-corrected chi connectivity index (χ3v) is 7.01. The summed E-state index contributed by atoms with van der Waals surface area (Å²) >= 11 is 0. The van der Waals surface area contributed by atoms with Crippen molar-refractivity contribution < 1.29 is 19.1 Å². The number of hydrogen-bond donors (Lipinski definition) is 2. The lowest BCUT2D eigenvalue weighted by Gasteiger charge is -2.32. The minimum absolute atomic E-state index is 0.00433. The summed E-state index contributed by atoms with van der Waals surface area (Å²) in [5.41, 5.74) is 3.78. The van der Waals surface area contributed by atoms with Crippen LogP contribution in [0.3, 0.4) is 0 Å². The van der Waals surface area contributed by atoms with Gasteiger partial charge in [-0.25, -0.2) is 4.79 Å². The molecule has 9 nitrogen and oxygen atoms in total. The van der Waals surface area contributed by atoms with E-state index in [9.17, 15) is 14.4 Å². The Bertz CT molecular complexity index is 1160. The molecule has 2 aromatic rings. The number of hydrogen-bond acceptors (Lipinski definition) is 5. The molecule has 0 atom stereocenters. The SMILES string of the molecule is Cc1ccc(C(=O)N2CCC(c3ccc(C#N)cc3)CC2)cc1NC(=O)NCCC(=O)N1CCOCC1. The fourth-order valence-corrected chi connectivity index (χ4v) is 4.74. The molecule has 2 fully saturated rings. The summed E-state index contributed by atoms with van der Waals surface area (Å²) in [5, 5.41) is 14.5. The molecule has 194 valence electrons. The highest BCUT2D eigenvalue weighted by Crippen LogP contribution is 2.29. The van der Waals surface area contributed by atoms with Crippen LogP contribution in [0.5, 0.6) is 0 Å². The monoisotopic (exact) mass is 503 g/mol. The van der Waals surface area contributed by atoms with Gasteiger partial charge in [0, 0.05) is 50.4 Å². The van der Waals surface area contributed by atoms with Crippen LogP contribution in [0.4, 0.5) is 10.5 Å². The van der Waals surface area contributed by atoms with E-state index in [2.05, 4.69) is 16.7 Å². The number of carbonyl (C=O) groups is 3. The number of piperidine rings is 1. The van der Waals surface area contributed by atoms with Crippen molar-refractivity contribution in [2.45, 2.75) is 32.1 Å². The van der Waals surface area contributed by atoms with Crippen LogP contribution in [0.1, 0.15) is 52.2 Å². The maximum Gasteiger partial charge on any atom is 0.319 e. The Hall–Kier alpha value is -3.90. The van der Waals surface area contributed by atoms with Crippen molar-refractivity contribution in [3.63, 3.8) is 0 Å². The van der Waals surface area contributed by atoms with Crippen LogP contribution < -0.4 is 10.6 Å². The standard InChI is InChI=1S/C28H33N5O4/c1-20-2-5-24(18-25(20)31-28(36)30-11-8-26(34)32-14-16-37-17-15-32)27(35)33-12-9-23(10-13-33)22-6-3-21(19-29)4-7-22/h2-7,18,23H,8-17H2,1H3,(H2,30,31,36). The van der Waals surface area contributed by atoms with E-state index in [1.165, 1.54) is 5.56 Å². The molecular formula is C28H33N5O4. The molecule has 2 aliphatic heterocycles. The largest absolute Gasteiger partial charge is 0.378 e. The molecule has 2 N–H and O–H groups in total. The van der Waals surface area contributed by atoms with Crippen molar-refractivity contribution in [1.82, 2.24) is 15.1 Å². The van der Waals surface area contributed by atoms with Gasteiger partial charge < -0.3 is 25.2 Å². The Kier molecular flexibility index (Phi) is 8.75. The summed E-state index contributed by atoms with van der Waals surface area (Å²) in [5.74, 6) is 0.305. The molecule has 4 rings (SSSR count). The number of carbonyl (C=O) groups excluding carboxylic acids is 3. The average molecular weight is 504 g/mol. The number of ether oxygens (including phenoxy) is 1. The van der Waals surface area contributed by atoms with Crippen LogP contribution in [0.2, 0.25) is 0 Å². The van der Waals surface area contributed by atoms with E-state index >= 15 is 0 Å². The highest BCUT2D eigenvalue weighted by Gasteiger charge is 2.25. The molecule has 2 aromatic carbocycles. The highest BCUT2D eigenvalue weighted by atomic mass is 16.5. The number of urea groups is 1. The van der Waals surface area contributed by atoms with Crippen LogP contribution >= 0.6 is 0 Å². The Labute approximate surface area is 217 Å². The fraction of sp³-hybridized carbons (Fsp3) is 0.429. The van der Waals surface area contributed by atoms with Gasteiger partial charge in [-0.15, -0.1) is 0 Å². The van der Waals surface area contributed by atoms with Crippen molar-refractivity contribution in [2.24, 2.45) is 0 Å². The zero-order valence-corrected chi connectivity index (χ0v) is 21.2. The lowest BCUT2D eigenvalue weighted by atomic mass is 9.89. The summed E-state index contributed by atoms with van der Waals surface area (Å²) < 4.78 is 5.26. The first-order valence-electron chi connectivity index (χ1n) is 12.7. The molecule has 0 spiro atoms. The van der Waals surface area contributed by atoms with Crippen LogP contribution in [-0.4, -0.2) is 73.6 Å². The molecule has 9 heteroatoms. The number of aryl methyl sites for hydroxylation is 1. The Morgan fingerprint density at radius 1 is 1.00 bits per heavy atom. The summed E-state index contributed by atoms with van der Waals surface area (Å²) in [6.07, 6.45) is 1.95. The summed E-state index contributed by atoms with van der Waals surface area (Å²) in [6, 6.07) is 14.7. The zero-order valence-electron chi connectivity index (χ0n) is 21.2. The number of anilines is 1. The number of nitriles is 1. The molecule has 0 radical (unpaired) electrons. The van der Waals surface area contributed by atoms with Gasteiger partial charge in [0.05, 0.1) is 24.8 Å². The maximum absolute atomic E-state index is 13.2. The molecule has 2 heterocycles. The zero-order chi connectivity index (χ0) is 26.2. The first-order chi connectivity index (χ1) is 17.9. The quantitative estimate of drug-likeness (QED) is 0.628. The Morgan fingerprint density at radius 3 is 2.38 bits per heavy atom. The van der Waals surface area contributed by atoms with E-state index < -0.39 is 6.03 Å². The van der Waals surface area contributed by atoms with Crippen LogP contribution in [-0.2, 0) is 9.53 Å². The van der Waals surface area contributed by atoms with Gasteiger partial charge >= 0.3 is 6.03 Å². The van der Waals surface area contributed by atoms with Crippen molar-refractivity contribution in [2.75, 3.05) is 51.3 Å². The Morgan fingerprint density at radius 2 is 1.70 bits per heavy atom. The molecule has 0 aromatic heterocycles. The van der Waals surface area contributed by atoms with E-state index in [1.54, 1.807) is 17.0 Å². The van der Waals surface area contributed by atoms with Crippen molar-refractivity contribution in [3.05, 3.63) is 64.7 Å². The van der Waals surface area contributed by atoms with Gasteiger partial charge in [-0.2, -0.15) is 5.26 Å². The Balaban J connectivity index is 1.27. The fourth-order valence-electron chi connectivity index (χ4n) is 4.74. The van der Waals surface area contributed by atoms with Crippen molar-refractivity contribution in [1.29, 1.82) is 5.26 Å². The predicted octanol–water partition coefficient (Wildman–Crippen LogP) is 3.26. The second-order valence-corrected chi connectivity index (χ2v) is 9.45. The lowest BCUT2D eigenvalue weighted by molar-refractivity contribution is -0.135. The molecule has 37 heavy (non-hydrogen) atoms. The number of morpholine rings is 1. The van der Waals surface area contributed by atoms with Gasteiger partial charge in [0.25, 0.3) is 5.91 Å². The number of likely N-dealkylation sites (tertiary alicyclic amines) is 1. The smallest absolute Gasteiger partial charge is 0.319 e. The molecule has 0 unspecified atom stereocenters. The van der Waals surface area contributed by atoms with E-state index in [4.69, 9.17) is 10.00 Å². The minimum atomic E-state index is -0.411. The second kappa shape index (κ2) is 12.4. The molecule has 2 saturated heterocycles. The van der Waals surface area contributed by atoms with E-state index in [0.29, 0.717) is 62.1 Å². The number of nitrogens with one attached hydrogen (secondary N) is 2. The third-order valence-electron chi connectivity index (χ3n) is 7.01. The van der Waals surface area contributed by atoms with Gasteiger partial charge in [-0.1, -0.05) is 18.2 Å². The molecule has 0 bridgehead atoms. The van der Waals surface area contributed by atoms with Gasteiger partial charge in [-0.05, 0) is 61.1 Å². The van der Waals surface area contributed by atoms with Gasteiger partial charge in [0.1, 0.15) is 0 Å². The number of amides is 4. The normalized spacial score (nSPS) is 16.1. The highest BCUT2D eigenvalue weighted by molar-refractivity contribution is 5.97. The number of rotatable bonds is 6. The first-order valence-corrected chi connectivity index (χ1v) is 12.7.